The van der Waals surface area contributed by atoms with E-state index in [0.29, 0.717) is 0 Å². The third kappa shape index (κ3) is 4.63. The highest BCUT2D eigenvalue weighted by molar-refractivity contribution is 5.69. The third-order valence-corrected chi connectivity index (χ3v) is 2.91. The van der Waals surface area contributed by atoms with Crippen LogP contribution in [0, 0.1) is 0 Å². The molecular formula is C18H20O. The van der Waals surface area contributed by atoms with Crippen molar-refractivity contribution < 1.29 is 4.74 Å². The van der Waals surface area contributed by atoms with Crippen LogP contribution in [-0.2, 0) is 0 Å². The summed E-state index contributed by atoms with van der Waals surface area (Å²) in [7, 11) is 0. The van der Waals surface area contributed by atoms with Crippen LogP contribution in [0.4, 0.5) is 0 Å². The van der Waals surface area contributed by atoms with Crippen LogP contribution in [0.1, 0.15) is 30.9 Å². The molecule has 0 N–H and O–H groups in total. The van der Waals surface area contributed by atoms with Gasteiger partial charge in [-0.1, -0.05) is 68.0 Å². The second kappa shape index (κ2) is 7.42. The first-order valence-corrected chi connectivity index (χ1v) is 6.84. The van der Waals surface area contributed by atoms with Crippen molar-refractivity contribution in [3.8, 4) is 5.75 Å². The Kier molecular flexibility index (Phi) is 5.24. The quantitative estimate of drug-likeness (QED) is 0.517. The summed E-state index contributed by atoms with van der Waals surface area (Å²) >= 11 is 0. The zero-order valence-electron chi connectivity index (χ0n) is 11.4. The van der Waals surface area contributed by atoms with Crippen molar-refractivity contribution >= 4 is 12.2 Å². The molecule has 2 rings (SSSR count). The molecule has 0 radical (unpaired) electrons. The standard InChI is InChI=1S/C18H20O/c1-2-3-15-19-18-13-11-17(12-14-18)10-9-16-7-5-4-6-8-16/h4-14H,2-3,15H2,1H3. The van der Waals surface area contributed by atoms with Crippen molar-refractivity contribution in [1.82, 2.24) is 0 Å². The predicted molar refractivity (Wildman–Crippen MR) is 82.2 cm³/mol. The van der Waals surface area contributed by atoms with Gasteiger partial charge in [0.1, 0.15) is 5.75 Å². The summed E-state index contributed by atoms with van der Waals surface area (Å²) in [5, 5.41) is 0. The molecule has 0 saturated heterocycles. The smallest absolute Gasteiger partial charge is 0.119 e. The van der Waals surface area contributed by atoms with Gasteiger partial charge in [-0.2, -0.15) is 0 Å². The lowest BCUT2D eigenvalue weighted by Crippen LogP contribution is -1.95. The molecule has 1 heteroatoms. The van der Waals surface area contributed by atoms with Crippen LogP contribution in [0.15, 0.2) is 54.6 Å². The molecule has 0 aliphatic heterocycles. The van der Waals surface area contributed by atoms with Crippen LogP contribution < -0.4 is 4.74 Å². The van der Waals surface area contributed by atoms with E-state index in [4.69, 9.17) is 4.74 Å². The molecule has 1 nitrogen and oxygen atoms in total. The largest absolute Gasteiger partial charge is 0.494 e. The van der Waals surface area contributed by atoms with Crippen LogP contribution in [0.2, 0.25) is 0 Å². The highest BCUT2D eigenvalue weighted by Crippen LogP contribution is 2.15. The first-order valence-electron chi connectivity index (χ1n) is 6.84. The number of unbranched alkanes of at least 4 members (excludes halogenated alkanes) is 1. The van der Waals surface area contributed by atoms with Crippen LogP contribution in [0.25, 0.3) is 12.2 Å². The van der Waals surface area contributed by atoms with E-state index in [9.17, 15) is 0 Å². The van der Waals surface area contributed by atoms with E-state index in [1.54, 1.807) is 0 Å². The van der Waals surface area contributed by atoms with E-state index < -0.39 is 0 Å². The van der Waals surface area contributed by atoms with Crippen molar-refractivity contribution in [2.24, 2.45) is 0 Å². The SMILES string of the molecule is CCCCOc1ccc(C=Cc2ccccc2)cc1. The number of benzene rings is 2. The van der Waals surface area contributed by atoms with Gasteiger partial charge in [0.05, 0.1) is 6.61 Å². The topological polar surface area (TPSA) is 9.23 Å². The first-order chi connectivity index (χ1) is 9.38. The van der Waals surface area contributed by atoms with Crippen molar-refractivity contribution in [3.05, 3.63) is 65.7 Å². The van der Waals surface area contributed by atoms with Gasteiger partial charge in [0.25, 0.3) is 0 Å². The fraction of sp³-hybridized carbons (Fsp3) is 0.222. The van der Waals surface area contributed by atoms with Crippen molar-refractivity contribution in [1.29, 1.82) is 0 Å². The third-order valence-electron chi connectivity index (χ3n) is 2.91. The van der Waals surface area contributed by atoms with Gasteiger partial charge in [-0.15, -0.1) is 0 Å². The van der Waals surface area contributed by atoms with Crippen LogP contribution in [-0.4, -0.2) is 6.61 Å². The van der Waals surface area contributed by atoms with Gasteiger partial charge in [-0.25, -0.2) is 0 Å². The molecule has 0 spiro atoms. The predicted octanol–water partition coefficient (Wildman–Crippen LogP) is 5.04. The van der Waals surface area contributed by atoms with Crippen molar-refractivity contribution in [2.45, 2.75) is 19.8 Å². The van der Waals surface area contributed by atoms with E-state index >= 15 is 0 Å². The fourth-order valence-electron chi connectivity index (χ4n) is 1.77. The molecular weight excluding hydrogens is 232 g/mol. The Hall–Kier alpha value is -2.02. The Labute approximate surface area is 115 Å². The molecule has 2 aromatic rings. The Bertz CT molecular complexity index is 497. The maximum atomic E-state index is 5.64. The summed E-state index contributed by atoms with van der Waals surface area (Å²) in [4.78, 5) is 0. The summed E-state index contributed by atoms with van der Waals surface area (Å²) in [6.45, 7) is 2.97. The maximum Gasteiger partial charge on any atom is 0.119 e. The molecule has 0 saturated carbocycles. The lowest BCUT2D eigenvalue weighted by Gasteiger charge is -2.05. The highest BCUT2D eigenvalue weighted by atomic mass is 16.5. The summed E-state index contributed by atoms with van der Waals surface area (Å²) < 4.78 is 5.64. The van der Waals surface area contributed by atoms with E-state index in [1.165, 1.54) is 11.1 Å². The summed E-state index contributed by atoms with van der Waals surface area (Å²) in [5.74, 6) is 0.949. The molecule has 2 aromatic carbocycles. The molecule has 0 amide bonds. The van der Waals surface area contributed by atoms with E-state index in [-0.39, 0.29) is 0 Å². The number of hydrogen-bond acceptors (Lipinski definition) is 1. The molecule has 0 bridgehead atoms. The van der Waals surface area contributed by atoms with Crippen molar-refractivity contribution in [3.63, 3.8) is 0 Å². The van der Waals surface area contributed by atoms with Gasteiger partial charge in [0, 0.05) is 0 Å². The number of hydrogen-bond donors (Lipinski definition) is 0. The normalized spacial score (nSPS) is 10.8. The van der Waals surface area contributed by atoms with Gasteiger partial charge in [-0.3, -0.25) is 0 Å². The van der Waals surface area contributed by atoms with Crippen LogP contribution in [0.3, 0.4) is 0 Å². The zero-order valence-corrected chi connectivity index (χ0v) is 11.4. The Balaban J connectivity index is 1.93. The highest BCUT2D eigenvalue weighted by Gasteiger charge is 1.93. The van der Waals surface area contributed by atoms with E-state index in [2.05, 4.69) is 43.3 Å². The van der Waals surface area contributed by atoms with Gasteiger partial charge < -0.3 is 4.74 Å². The zero-order chi connectivity index (χ0) is 13.3. The van der Waals surface area contributed by atoms with Crippen molar-refractivity contribution in [2.75, 3.05) is 6.61 Å². The Morgan fingerprint density at radius 2 is 1.47 bits per heavy atom. The van der Waals surface area contributed by atoms with Gasteiger partial charge in [0.2, 0.25) is 0 Å². The monoisotopic (exact) mass is 252 g/mol. The molecule has 0 atom stereocenters. The van der Waals surface area contributed by atoms with Gasteiger partial charge >= 0.3 is 0 Å². The van der Waals surface area contributed by atoms with Crippen LogP contribution >= 0.6 is 0 Å². The summed E-state index contributed by atoms with van der Waals surface area (Å²) in [6, 6.07) is 18.5. The molecule has 0 unspecified atom stereocenters. The Morgan fingerprint density at radius 3 is 2.11 bits per heavy atom. The fourth-order valence-corrected chi connectivity index (χ4v) is 1.77. The van der Waals surface area contributed by atoms with E-state index in [1.807, 2.05) is 30.3 Å². The van der Waals surface area contributed by atoms with Gasteiger partial charge in [-0.05, 0) is 29.7 Å². The minimum absolute atomic E-state index is 0.801. The minimum Gasteiger partial charge on any atom is -0.494 e. The van der Waals surface area contributed by atoms with E-state index in [0.717, 1.165) is 25.2 Å². The van der Waals surface area contributed by atoms with Crippen LogP contribution in [0.5, 0.6) is 5.75 Å². The molecule has 0 aliphatic rings. The molecule has 0 aromatic heterocycles. The molecule has 98 valence electrons. The average molecular weight is 252 g/mol. The molecule has 0 fully saturated rings. The second-order valence-electron chi connectivity index (χ2n) is 4.52. The van der Waals surface area contributed by atoms with Gasteiger partial charge in [0.15, 0.2) is 0 Å². The Morgan fingerprint density at radius 1 is 0.842 bits per heavy atom. The summed E-state index contributed by atoms with van der Waals surface area (Å²) in [5.41, 5.74) is 2.40. The molecule has 0 heterocycles. The average Bonchev–Trinajstić information content (AvgIpc) is 2.48. The number of rotatable bonds is 6. The number of ether oxygens (including phenoxy) is 1. The molecule has 19 heavy (non-hydrogen) atoms. The minimum atomic E-state index is 0.801. The second-order valence-corrected chi connectivity index (χ2v) is 4.52. The lowest BCUT2D eigenvalue weighted by molar-refractivity contribution is 0.309. The lowest BCUT2D eigenvalue weighted by atomic mass is 10.1. The molecule has 0 aliphatic carbocycles. The summed E-state index contributed by atoms with van der Waals surface area (Å²) in [6.07, 6.45) is 6.51. The maximum absolute atomic E-state index is 5.64. The first kappa shape index (κ1) is 13.4.